The summed E-state index contributed by atoms with van der Waals surface area (Å²) in [6, 6.07) is 13.5. The Kier molecular flexibility index (Phi) is 3.51. The molecular formula is C18H13ClN4O2S. The maximum absolute atomic E-state index is 6.33. The van der Waals surface area contributed by atoms with E-state index >= 15 is 0 Å². The van der Waals surface area contributed by atoms with Crippen molar-refractivity contribution in [2.24, 2.45) is 0 Å². The molecule has 2 aromatic heterocycles. The van der Waals surface area contributed by atoms with Gasteiger partial charge >= 0.3 is 0 Å². The molecule has 0 aliphatic carbocycles. The van der Waals surface area contributed by atoms with Crippen LogP contribution in [0.3, 0.4) is 0 Å². The van der Waals surface area contributed by atoms with Gasteiger partial charge in [-0.1, -0.05) is 41.1 Å². The van der Waals surface area contributed by atoms with E-state index in [9.17, 15) is 0 Å². The Balaban J connectivity index is 1.55. The van der Waals surface area contributed by atoms with E-state index in [-0.39, 0.29) is 6.79 Å². The Morgan fingerprint density at radius 3 is 2.88 bits per heavy atom. The van der Waals surface area contributed by atoms with Gasteiger partial charge in [0, 0.05) is 24.4 Å². The van der Waals surface area contributed by atoms with Crippen LogP contribution in [0.1, 0.15) is 0 Å². The summed E-state index contributed by atoms with van der Waals surface area (Å²) in [5.41, 5.74) is 2.74. The number of hydrogen-bond donors (Lipinski definition) is 0. The van der Waals surface area contributed by atoms with Crippen LogP contribution in [0.2, 0.25) is 5.02 Å². The van der Waals surface area contributed by atoms with Crippen LogP contribution in [0.5, 0.6) is 11.5 Å². The van der Waals surface area contributed by atoms with Crippen molar-refractivity contribution in [3.63, 3.8) is 0 Å². The predicted octanol–water partition coefficient (Wildman–Crippen LogP) is 4.61. The van der Waals surface area contributed by atoms with Gasteiger partial charge in [-0.05, 0) is 18.2 Å². The second kappa shape index (κ2) is 5.89. The third-order valence-electron chi connectivity index (χ3n) is 4.25. The molecule has 0 N–H and O–H groups in total. The molecule has 0 saturated carbocycles. The van der Waals surface area contributed by atoms with Gasteiger partial charge in [0.1, 0.15) is 0 Å². The molecule has 3 heterocycles. The fourth-order valence-corrected chi connectivity index (χ4v) is 3.97. The molecule has 0 radical (unpaired) electrons. The van der Waals surface area contributed by atoms with Gasteiger partial charge < -0.3 is 14.4 Å². The molecule has 8 heteroatoms. The summed E-state index contributed by atoms with van der Waals surface area (Å²) in [5.74, 6) is 1.50. The van der Waals surface area contributed by atoms with Gasteiger partial charge in [-0.15, -0.1) is 5.10 Å². The van der Waals surface area contributed by atoms with Crippen LogP contribution in [0.25, 0.3) is 16.2 Å². The highest BCUT2D eigenvalue weighted by molar-refractivity contribution is 7.20. The van der Waals surface area contributed by atoms with Gasteiger partial charge in [0.05, 0.1) is 16.9 Å². The van der Waals surface area contributed by atoms with Crippen LogP contribution in [0.15, 0.2) is 48.7 Å². The summed E-state index contributed by atoms with van der Waals surface area (Å²) >= 11 is 7.84. The fourth-order valence-electron chi connectivity index (χ4n) is 2.88. The van der Waals surface area contributed by atoms with Gasteiger partial charge in [-0.2, -0.15) is 0 Å². The summed E-state index contributed by atoms with van der Waals surface area (Å²) in [5, 5.41) is 6.22. The molecule has 130 valence electrons. The van der Waals surface area contributed by atoms with E-state index < -0.39 is 0 Å². The summed E-state index contributed by atoms with van der Waals surface area (Å²) < 4.78 is 12.7. The minimum Gasteiger partial charge on any atom is -0.454 e. The Morgan fingerprint density at radius 2 is 2.00 bits per heavy atom. The Hall–Kier alpha value is -2.77. The number of ether oxygens (including phenoxy) is 2. The Bertz CT molecular complexity index is 1120. The Labute approximate surface area is 158 Å². The van der Waals surface area contributed by atoms with Gasteiger partial charge in [-0.25, -0.2) is 9.50 Å². The fraction of sp³-hybridized carbons (Fsp3) is 0.111. The molecule has 0 bridgehead atoms. The first-order chi connectivity index (χ1) is 12.7. The highest BCUT2D eigenvalue weighted by Gasteiger charge is 2.19. The van der Waals surface area contributed by atoms with Crippen molar-refractivity contribution in [2.45, 2.75) is 0 Å². The first-order valence-corrected chi connectivity index (χ1v) is 9.13. The van der Waals surface area contributed by atoms with Crippen LogP contribution in [0, 0.1) is 0 Å². The van der Waals surface area contributed by atoms with E-state index in [0.717, 1.165) is 38.5 Å². The van der Waals surface area contributed by atoms with E-state index in [1.807, 2.05) is 58.9 Å². The number of halogens is 1. The predicted molar refractivity (Wildman–Crippen MR) is 102 cm³/mol. The number of nitrogens with zero attached hydrogens (tertiary/aromatic N) is 4. The molecule has 26 heavy (non-hydrogen) atoms. The molecule has 0 fully saturated rings. The summed E-state index contributed by atoms with van der Waals surface area (Å²) in [6.45, 7) is 0.259. The zero-order valence-corrected chi connectivity index (χ0v) is 15.3. The maximum atomic E-state index is 6.33. The molecule has 0 atom stereocenters. The lowest BCUT2D eigenvalue weighted by Gasteiger charge is -2.15. The van der Waals surface area contributed by atoms with Crippen LogP contribution in [-0.2, 0) is 0 Å². The summed E-state index contributed by atoms with van der Waals surface area (Å²) in [4.78, 5) is 7.29. The monoisotopic (exact) mass is 384 g/mol. The molecule has 0 saturated heterocycles. The lowest BCUT2D eigenvalue weighted by molar-refractivity contribution is 0.174. The summed E-state index contributed by atoms with van der Waals surface area (Å²) in [6.07, 6.45) is 1.80. The van der Waals surface area contributed by atoms with Crippen molar-refractivity contribution >= 4 is 38.7 Å². The van der Waals surface area contributed by atoms with Crippen molar-refractivity contribution in [1.82, 2.24) is 14.6 Å². The quantitative estimate of drug-likeness (QED) is 0.516. The van der Waals surface area contributed by atoms with Gasteiger partial charge in [-0.3, -0.25) is 0 Å². The van der Waals surface area contributed by atoms with Gasteiger partial charge in [0.25, 0.3) is 0 Å². The van der Waals surface area contributed by atoms with E-state index in [1.54, 1.807) is 6.20 Å². The standard InChI is InChI=1S/C18H13ClN4O2S/c1-22(11-6-7-15-16(8-11)25-10-24-15)18-21-23-14(9-20-17(23)26-18)12-4-2-3-5-13(12)19/h2-9H,10H2,1H3. The molecule has 0 spiro atoms. The zero-order chi connectivity index (χ0) is 17.7. The largest absolute Gasteiger partial charge is 0.454 e. The molecule has 4 aromatic rings. The lowest BCUT2D eigenvalue weighted by atomic mass is 10.2. The van der Waals surface area contributed by atoms with Crippen molar-refractivity contribution < 1.29 is 9.47 Å². The average molecular weight is 385 g/mol. The minimum absolute atomic E-state index is 0.259. The zero-order valence-electron chi connectivity index (χ0n) is 13.7. The van der Waals surface area contributed by atoms with E-state index in [0.29, 0.717) is 5.02 Å². The topological polar surface area (TPSA) is 51.9 Å². The minimum atomic E-state index is 0.259. The summed E-state index contributed by atoms with van der Waals surface area (Å²) in [7, 11) is 1.96. The molecule has 5 rings (SSSR count). The molecule has 1 aliphatic heterocycles. The van der Waals surface area contributed by atoms with Crippen LogP contribution in [0.4, 0.5) is 10.8 Å². The number of benzene rings is 2. The highest BCUT2D eigenvalue weighted by Crippen LogP contribution is 2.38. The number of fused-ring (bicyclic) bond motifs is 2. The number of hydrogen-bond acceptors (Lipinski definition) is 6. The molecule has 6 nitrogen and oxygen atoms in total. The number of aromatic nitrogens is 3. The van der Waals surface area contributed by atoms with Crippen molar-refractivity contribution in [1.29, 1.82) is 0 Å². The third kappa shape index (κ3) is 2.40. The maximum Gasteiger partial charge on any atom is 0.231 e. The van der Waals surface area contributed by atoms with Crippen molar-refractivity contribution in [2.75, 3.05) is 18.7 Å². The lowest BCUT2D eigenvalue weighted by Crippen LogP contribution is -2.09. The van der Waals surface area contributed by atoms with Crippen LogP contribution < -0.4 is 14.4 Å². The van der Waals surface area contributed by atoms with Crippen LogP contribution in [-0.4, -0.2) is 28.4 Å². The smallest absolute Gasteiger partial charge is 0.231 e. The van der Waals surface area contributed by atoms with Crippen molar-refractivity contribution in [3.05, 3.63) is 53.7 Å². The van der Waals surface area contributed by atoms with E-state index in [1.165, 1.54) is 11.3 Å². The second-order valence-corrected chi connectivity index (χ2v) is 7.14. The highest BCUT2D eigenvalue weighted by atomic mass is 35.5. The number of rotatable bonds is 3. The number of anilines is 2. The Morgan fingerprint density at radius 1 is 1.15 bits per heavy atom. The van der Waals surface area contributed by atoms with Gasteiger partial charge in [0.2, 0.25) is 16.9 Å². The first kappa shape index (κ1) is 15.5. The molecule has 0 unspecified atom stereocenters. The van der Waals surface area contributed by atoms with Crippen molar-refractivity contribution in [3.8, 4) is 22.8 Å². The normalized spacial score (nSPS) is 12.7. The SMILES string of the molecule is CN(c1ccc2c(c1)OCO2)c1nn2c(-c3ccccc3Cl)cnc2s1. The molecule has 2 aromatic carbocycles. The first-order valence-electron chi connectivity index (χ1n) is 7.93. The second-order valence-electron chi connectivity index (χ2n) is 5.80. The van der Waals surface area contributed by atoms with Crippen LogP contribution >= 0.6 is 22.9 Å². The van der Waals surface area contributed by atoms with E-state index in [2.05, 4.69) is 4.98 Å². The molecule has 0 amide bonds. The van der Waals surface area contributed by atoms with Gasteiger partial charge in [0.15, 0.2) is 11.5 Å². The molecule has 1 aliphatic rings. The van der Waals surface area contributed by atoms with E-state index in [4.69, 9.17) is 26.2 Å². The molecular weight excluding hydrogens is 372 g/mol. The third-order valence-corrected chi connectivity index (χ3v) is 5.58. The average Bonchev–Trinajstić information content (AvgIpc) is 3.36. The number of imidazole rings is 1.